The van der Waals surface area contributed by atoms with E-state index in [-0.39, 0.29) is 71.6 Å². The number of nitrogens with one attached hydrogen (secondary N) is 2. The van der Waals surface area contributed by atoms with Crippen molar-refractivity contribution in [1.82, 2.24) is 57.6 Å². The van der Waals surface area contributed by atoms with Gasteiger partial charge in [-0.25, -0.2) is 52.9 Å². The van der Waals surface area contributed by atoms with E-state index >= 15 is 0 Å². The number of hydrogen-bond acceptors (Lipinski definition) is 14. The number of anilines is 1. The molecule has 19 nitrogen and oxygen atoms in total. The van der Waals surface area contributed by atoms with Crippen LogP contribution < -0.4 is 33.4 Å². The maximum Gasteiger partial charge on any atom is 0.407 e. The molecule has 436 valence electrons. The summed E-state index contributed by atoms with van der Waals surface area (Å²) in [6.07, 6.45) is 16.2. The zero-order valence-electron chi connectivity index (χ0n) is 45.9. The first-order chi connectivity index (χ1) is 41.4. The first-order valence-electron chi connectivity index (χ1n) is 28.9. The van der Waals surface area contributed by atoms with Crippen LogP contribution >= 0.6 is 34.3 Å². The van der Waals surface area contributed by atoms with Crippen molar-refractivity contribution in [2.45, 2.75) is 138 Å². The lowest BCUT2D eigenvalue weighted by atomic mass is 9.86. The summed E-state index contributed by atoms with van der Waals surface area (Å²) in [4.78, 5) is 72.4. The van der Waals surface area contributed by atoms with E-state index in [0.717, 1.165) is 129 Å². The minimum absolute atomic E-state index is 0.0169. The molecule has 0 aliphatic heterocycles. The Balaban J connectivity index is 0.000000106. The molecule has 0 spiro atoms. The Bertz CT molecular complexity index is 4490. The molecule has 4 N–H and O–H groups in total. The van der Waals surface area contributed by atoms with E-state index in [1.807, 2.05) is 89.6 Å². The summed E-state index contributed by atoms with van der Waals surface area (Å²) in [5.41, 5.74) is 13.7. The summed E-state index contributed by atoms with van der Waals surface area (Å²) in [7, 11) is 0. The van der Waals surface area contributed by atoms with Crippen LogP contribution in [0.2, 0.25) is 4.47 Å². The third-order valence-electron chi connectivity index (χ3n) is 16.7. The number of benzene rings is 3. The van der Waals surface area contributed by atoms with Gasteiger partial charge in [-0.3, -0.25) is 27.4 Å². The Labute approximate surface area is 496 Å². The average molecular weight is 1210 g/mol. The molecule has 6 aliphatic rings. The van der Waals surface area contributed by atoms with Gasteiger partial charge >= 0.3 is 23.2 Å². The topological polar surface area (TPSA) is 222 Å². The lowest BCUT2D eigenvalue weighted by Gasteiger charge is -2.36. The van der Waals surface area contributed by atoms with Gasteiger partial charge in [-0.05, 0) is 155 Å². The first-order valence-corrected chi connectivity index (χ1v) is 30.9. The summed E-state index contributed by atoms with van der Waals surface area (Å²) in [5, 5.41) is 7.13. The van der Waals surface area contributed by atoms with E-state index in [1.165, 1.54) is 46.9 Å². The quantitative estimate of drug-likeness (QED) is 0.110. The molecule has 24 heteroatoms. The second kappa shape index (κ2) is 22.7. The predicted molar refractivity (Wildman–Crippen MR) is 325 cm³/mol. The number of carbonyl (C=O) groups is 1. The Morgan fingerprint density at radius 3 is 1.47 bits per heavy atom. The van der Waals surface area contributed by atoms with E-state index in [0.29, 0.717) is 35.4 Å². The van der Waals surface area contributed by atoms with Gasteiger partial charge < -0.3 is 21.1 Å². The molecule has 0 bridgehead atoms. The van der Waals surface area contributed by atoms with E-state index in [4.69, 9.17) is 22.1 Å². The number of rotatable bonds is 11. The lowest BCUT2D eigenvalue weighted by Crippen LogP contribution is -2.47. The number of carbonyl (C=O) groups excluding carboxylic acids is 1. The SMILES string of the molecule is Fc1ccc2nc(Cl)sc2c1.NC1CC(n2c(=O)n(C3CC3)c3cccnc32)C1.O=C(NC1CC(n2c(=O)n(C3CC3)c3cccnc32)C1)OCc1ccccc1.O=c1n(C2CC2)c2cccnc2n1C1CC(Nc2nc3ccc(F)cc3s2)C1. The van der Waals surface area contributed by atoms with Crippen LogP contribution in [-0.4, -0.2) is 76.5 Å². The van der Waals surface area contributed by atoms with Crippen molar-refractivity contribution in [3.63, 3.8) is 0 Å². The second-order valence-electron chi connectivity index (χ2n) is 22.9. The smallest absolute Gasteiger partial charge is 0.407 e. The highest BCUT2D eigenvalue weighted by Crippen LogP contribution is 2.42. The third-order valence-corrected chi connectivity index (χ3v) is 18.8. The molecule has 8 aromatic heterocycles. The number of amides is 1. The van der Waals surface area contributed by atoms with Gasteiger partial charge in [0.15, 0.2) is 26.5 Å². The number of fused-ring (bicyclic) bond motifs is 5. The van der Waals surface area contributed by atoms with E-state index in [2.05, 4.69) is 35.6 Å². The average Bonchev–Trinajstić information content (AvgIpc) is 1.73. The Morgan fingerprint density at radius 2 is 1.00 bits per heavy atom. The molecule has 0 atom stereocenters. The molecule has 0 radical (unpaired) electrons. The first kappa shape index (κ1) is 54.8. The van der Waals surface area contributed by atoms with E-state index in [1.54, 1.807) is 35.3 Å². The van der Waals surface area contributed by atoms with Gasteiger partial charge in [0.05, 0.1) is 37.0 Å². The molecule has 85 heavy (non-hydrogen) atoms. The van der Waals surface area contributed by atoms with E-state index < -0.39 is 6.09 Å². The fourth-order valence-electron chi connectivity index (χ4n) is 11.9. The van der Waals surface area contributed by atoms with Crippen LogP contribution in [0.15, 0.2) is 136 Å². The number of imidazole rings is 3. The number of alkyl carbamates (subject to hydrolysis) is 1. The van der Waals surface area contributed by atoms with Crippen LogP contribution in [0.25, 0.3) is 53.9 Å². The normalized spacial score (nSPS) is 21.4. The van der Waals surface area contributed by atoms with Crippen molar-refractivity contribution in [2.24, 2.45) is 5.73 Å². The number of pyridine rings is 3. The van der Waals surface area contributed by atoms with Crippen LogP contribution in [0.5, 0.6) is 0 Å². The number of nitrogens with zero attached hydrogens (tertiary/aromatic N) is 11. The highest BCUT2D eigenvalue weighted by Gasteiger charge is 2.40. The Hall–Kier alpha value is -8.12. The number of thiazole rings is 2. The minimum Gasteiger partial charge on any atom is -0.445 e. The molecule has 6 aliphatic carbocycles. The Kier molecular flexibility index (Phi) is 14.6. The number of ether oxygens (including phenoxy) is 1. The summed E-state index contributed by atoms with van der Waals surface area (Å²) < 4.78 is 44.6. The molecule has 0 unspecified atom stereocenters. The molecule has 6 fully saturated rings. The van der Waals surface area contributed by atoms with Crippen LogP contribution in [0.4, 0.5) is 18.7 Å². The van der Waals surface area contributed by atoms with Gasteiger partial charge in [0, 0.05) is 73.0 Å². The van der Waals surface area contributed by atoms with Crippen LogP contribution in [0.3, 0.4) is 0 Å². The zero-order chi connectivity index (χ0) is 58.0. The van der Waals surface area contributed by atoms with Gasteiger partial charge in [-0.2, -0.15) is 0 Å². The number of halogens is 3. The second-order valence-corrected chi connectivity index (χ2v) is 25.5. The molecule has 0 saturated heterocycles. The van der Waals surface area contributed by atoms with Crippen molar-refractivity contribution in [3.05, 3.63) is 175 Å². The monoisotopic (exact) mass is 1200 g/mol. The molecule has 11 aromatic rings. The van der Waals surface area contributed by atoms with Crippen LogP contribution in [-0.2, 0) is 11.3 Å². The van der Waals surface area contributed by atoms with Crippen molar-refractivity contribution in [3.8, 4) is 0 Å². The predicted octanol–water partition coefficient (Wildman–Crippen LogP) is 11.5. The minimum atomic E-state index is -0.418. The molecule has 8 heterocycles. The van der Waals surface area contributed by atoms with Gasteiger partial charge in [0.1, 0.15) is 18.2 Å². The summed E-state index contributed by atoms with van der Waals surface area (Å²) in [6, 6.07) is 32.3. The largest absolute Gasteiger partial charge is 0.445 e. The standard InChI is InChI=1S/C21H22N4O3.C20H18FN5OS.C13H16N4O.C7H3ClFNS/c26-20(28-13-14-5-2-1-3-6-14)23-15-11-17(12-15)25-19-18(7-4-10-22-19)24(21(25)27)16-8-9-16;21-11-3-6-15-17(8-11)28-19(24-15)23-12-9-14(10-12)26-18-16(2-1-7-22-18)25(20(26)27)13-4-5-13;14-8-6-10(7-8)17-12-11(2-1-5-15-12)16(13(17)18)9-3-4-9;8-7-10-5-2-1-4(9)3-6(5)11-7/h1-7,10,15-17H,8-9,11-13H2,(H,23,26);1-3,6-8,12-14H,4-5,9-10H2,(H,23,24);1-2,5,8-10H,3-4,6-7,14H2;1-3H. The highest BCUT2D eigenvalue weighted by atomic mass is 35.5. The lowest BCUT2D eigenvalue weighted by molar-refractivity contribution is 0.122. The number of nitrogens with two attached hydrogens (primary N) is 1. The number of aromatic nitrogens is 11. The van der Waals surface area contributed by atoms with Gasteiger partial charge in [-0.15, -0.1) is 11.3 Å². The summed E-state index contributed by atoms with van der Waals surface area (Å²) in [5.74, 6) is -0.497. The molecule has 17 rings (SSSR count). The Morgan fingerprint density at radius 1 is 0.553 bits per heavy atom. The molecular weight excluding hydrogens is 1150 g/mol. The van der Waals surface area contributed by atoms with Gasteiger partial charge in [0.2, 0.25) is 0 Å². The molecule has 1 amide bonds. The molecular formula is C61H59ClF2N14O5S2. The summed E-state index contributed by atoms with van der Waals surface area (Å²) in [6.45, 7) is 0.251. The van der Waals surface area contributed by atoms with Crippen molar-refractivity contribution >= 4 is 99.4 Å². The zero-order valence-corrected chi connectivity index (χ0v) is 48.3. The summed E-state index contributed by atoms with van der Waals surface area (Å²) >= 11 is 8.36. The maximum absolute atomic E-state index is 13.4. The van der Waals surface area contributed by atoms with Gasteiger partial charge in [0.25, 0.3) is 0 Å². The fourth-order valence-corrected chi connectivity index (χ4v) is 13.9. The van der Waals surface area contributed by atoms with Crippen molar-refractivity contribution in [2.75, 3.05) is 5.32 Å². The van der Waals surface area contributed by atoms with Crippen LogP contribution in [0, 0.1) is 11.6 Å². The van der Waals surface area contributed by atoms with Gasteiger partial charge in [-0.1, -0.05) is 53.3 Å². The fraction of sp³-hybridized carbons (Fsp3) is 0.361. The third kappa shape index (κ3) is 11.1. The van der Waals surface area contributed by atoms with E-state index in [9.17, 15) is 28.0 Å². The highest BCUT2D eigenvalue weighted by molar-refractivity contribution is 7.22. The van der Waals surface area contributed by atoms with Crippen molar-refractivity contribution < 1.29 is 18.3 Å². The number of hydrogen-bond donors (Lipinski definition) is 3. The van der Waals surface area contributed by atoms with Crippen molar-refractivity contribution in [1.29, 1.82) is 0 Å². The molecule has 6 saturated carbocycles. The maximum atomic E-state index is 13.4. The molecule has 3 aromatic carbocycles. The van der Waals surface area contributed by atoms with Crippen LogP contribution in [0.1, 0.15) is 119 Å².